The van der Waals surface area contributed by atoms with Crippen molar-refractivity contribution in [1.29, 1.82) is 0 Å². The van der Waals surface area contributed by atoms with Crippen molar-refractivity contribution in [2.75, 3.05) is 20.1 Å². The number of nitrogens with one attached hydrogen (secondary N) is 1. The summed E-state index contributed by atoms with van der Waals surface area (Å²) in [5, 5.41) is 3.54. The van der Waals surface area contributed by atoms with Crippen molar-refractivity contribution >= 4 is 0 Å². The number of hydrogen-bond donors (Lipinski definition) is 1. The molecule has 98 valence electrons. The third-order valence-corrected chi connectivity index (χ3v) is 5.18. The molecular formula is C15H28N2. The molecule has 3 rings (SSSR count). The zero-order valence-electron chi connectivity index (χ0n) is 11.3. The summed E-state index contributed by atoms with van der Waals surface area (Å²) < 4.78 is 0. The number of nitrogens with zero attached hydrogens (tertiary/aromatic N) is 1. The molecule has 3 aliphatic rings. The third-order valence-electron chi connectivity index (χ3n) is 5.18. The Kier molecular flexibility index (Phi) is 3.72. The Hall–Kier alpha value is -0.0800. The van der Waals surface area contributed by atoms with Crippen LogP contribution in [-0.2, 0) is 0 Å². The molecule has 2 aliphatic carbocycles. The number of likely N-dealkylation sites (N-methyl/N-ethyl adjacent to an activating group) is 1. The highest BCUT2D eigenvalue weighted by Gasteiger charge is 2.34. The second-order valence-electron chi connectivity index (χ2n) is 6.66. The predicted molar refractivity (Wildman–Crippen MR) is 72.1 cm³/mol. The highest BCUT2D eigenvalue weighted by Crippen LogP contribution is 2.38. The Labute approximate surface area is 106 Å². The van der Waals surface area contributed by atoms with Crippen molar-refractivity contribution in [3.8, 4) is 0 Å². The number of likely N-dealkylation sites (tertiary alicyclic amines) is 1. The topological polar surface area (TPSA) is 15.3 Å². The quantitative estimate of drug-likeness (QED) is 0.807. The average Bonchev–Trinajstić information content (AvgIpc) is 2.99. The molecule has 0 radical (unpaired) electrons. The lowest BCUT2D eigenvalue weighted by Gasteiger charge is -2.41. The normalized spacial score (nSPS) is 36.5. The summed E-state index contributed by atoms with van der Waals surface area (Å²) in [4.78, 5) is 2.82. The van der Waals surface area contributed by atoms with E-state index in [1.807, 2.05) is 0 Å². The fraction of sp³-hybridized carbons (Fsp3) is 1.00. The second kappa shape index (κ2) is 5.27. The summed E-state index contributed by atoms with van der Waals surface area (Å²) >= 11 is 0. The molecule has 0 amide bonds. The molecule has 2 atom stereocenters. The smallest absolute Gasteiger partial charge is 0.0195 e. The molecule has 2 unspecified atom stereocenters. The van der Waals surface area contributed by atoms with Gasteiger partial charge in [0.1, 0.15) is 0 Å². The van der Waals surface area contributed by atoms with Gasteiger partial charge in [0.2, 0.25) is 0 Å². The van der Waals surface area contributed by atoms with Crippen LogP contribution in [0, 0.1) is 11.8 Å². The molecule has 0 aromatic heterocycles. The van der Waals surface area contributed by atoms with E-state index in [0.29, 0.717) is 0 Å². The van der Waals surface area contributed by atoms with Gasteiger partial charge >= 0.3 is 0 Å². The van der Waals surface area contributed by atoms with Crippen LogP contribution in [0.4, 0.5) is 0 Å². The van der Waals surface area contributed by atoms with Crippen LogP contribution in [0.2, 0.25) is 0 Å². The molecule has 2 saturated carbocycles. The van der Waals surface area contributed by atoms with E-state index in [-0.39, 0.29) is 0 Å². The van der Waals surface area contributed by atoms with Gasteiger partial charge in [-0.05, 0) is 44.6 Å². The SMILES string of the molecule is CNC1CC(CC2CC2)CN(C2CCCC2)C1. The van der Waals surface area contributed by atoms with Crippen LogP contribution in [0.5, 0.6) is 0 Å². The average molecular weight is 236 g/mol. The Morgan fingerprint density at radius 2 is 1.76 bits per heavy atom. The van der Waals surface area contributed by atoms with Gasteiger partial charge in [-0.3, -0.25) is 4.90 Å². The van der Waals surface area contributed by atoms with E-state index in [2.05, 4.69) is 17.3 Å². The third kappa shape index (κ3) is 3.03. The van der Waals surface area contributed by atoms with Crippen LogP contribution in [0.25, 0.3) is 0 Å². The van der Waals surface area contributed by atoms with Crippen molar-refractivity contribution in [2.45, 2.75) is 63.5 Å². The van der Waals surface area contributed by atoms with E-state index in [4.69, 9.17) is 0 Å². The molecular weight excluding hydrogens is 208 g/mol. The van der Waals surface area contributed by atoms with Crippen molar-refractivity contribution in [3.05, 3.63) is 0 Å². The second-order valence-corrected chi connectivity index (χ2v) is 6.66. The lowest BCUT2D eigenvalue weighted by Crippen LogP contribution is -2.51. The fourth-order valence-electron chi connectivity index (χ4n) is 4.01. The summed E-state index contributed by atoms with van der Waals surface area (Å²) in [6, 6.07) is 1.68. The van der Waals surface area contributed by atoms with E-state index in [0.717, 1.165) is 23.9 Å². The summed E-state index contributed by atoms with van der Waals surface area (Å²) in [5.41, 5.74) is 0. The Morgan fingerprint density at radius 1 is 1.00 bits per heavy atom. The maximum Gasteiger partial charge on any atom is 0.0195 e. The molecule has 3 fully saturated rings. The molecule has 1 saturated heterocycles. The molecule has 0 aromatic rings. The van der Waals surface area contributed by atoms with Crippen molar-refractivity contribution in [3.63, 3.8) is 0 Å². The van der Waals surface area contributed by atoms with Crippen LogP contribution in [-0.4, -0.2) is 37.1 Å². The lowest BCUT2D eigenvalue weighted by molar-refractivity contribution is 0.0955. The molecule has 1 heterocycles. The van der Waals surface area contributed by atoms with Gasteiger partial charge in [-0.1, -0.05) is 25.7 Å². The molecule has 17 heavy (non-hydrogen) atoms. The van der Waals surface area contributed by atoms with E-state index in [1.54, 1.807) is 0 Å². The van der Waals surface area contributed by atoms with E-state index >= 15 is 0 Å². The summed E-state index contributed by atoms with van der Waals surface area (Å²) in [6.07, 6.45) is 11.8. The Morgan fingerprint density at radius 3 is 2.41 bits per heavy atom. The van der Waals surface area contributed by atoms with E-state index in [1.165, 1.54) is 64.5 Å². The molecule has 0 aromatic carbocycles. The fourth-order valence-corrected chi connectivity index (χ4v) is 4.01. The van der Waals surface area contributed by atoms with Crippen LogP contribution >= 0.6 is 0 Å². The van der Waals surface area contributed by atoms with Gasteiger partial charge in [-0.15, -0.1) is 0 Å². The van der Waals surface area contributed by atoms with Gasteiger partial charge in [-0.2, -0.15) is 0 Å². The molecule has 0 spiro atoms. The van der Waals surface area contributed by atoms with Crippen LogP contribution in [0.3, 0.4) is 0 Å². The molecule has 0 bridgehead atoms. The van der Waals surface area contributed by atoms with Gasteiger partial charge in [0.15, 0.2) is 0 Å². The first-order valence-electron chi connectivity index (χ1n) is 7.76. The predicted octanol–water partition coefficient (Wildman–Crippen LogP) is 2.64. The van der Waals surface area contributed by atoms with E-state index in [9.17, 15) is 0 Å². The van der Waals surface area contributed by atoms with Gasteiger partial charge in [-0.25, -0.2) is 0 Å². The zero-order valence-corrected chi connectivity index (χ0v) is 11.3. The summed E-state index contributed by atoms with van der Waals surface area (Å²) in [5.74, 6) is 2.08. The number of rotatable bonds is 4. The van der Waals surface area contributed by atoms with Gasteiger partial charge in [0.25, 0.3) is 0 Å². The number of piperidine rings is 1. The Balaban J connectivity index is 1.57. The van der Waals surface area contributed by atoms with E-state index < -0.39 is 0 Å². The van der Waals surface area contributed by atoms with Crippen molar-refractivity contribution in [2.24, 2.45) is 11.8 Å². The molecule has 2 nitrogen and oxygen atoms in total. The first-order chi connectivity index (χ1) is 8.35. The molecule has 2 heteroatoms. The van der Waals surface area contributed by atoms with Crippen molar-refractivity contribution < 1.29 is 0 Å². The molecule has 1 N–H and O–H groups in total. The van der Waals surface area contributed by atoms with Gasteiger partial charge in [0, 0.05) is 25.2 Å². The first kappa shape index (κ1) is 12.0. The molecule has 1 aliphatic heterocycles. The lowest BCUT2D eigenvalue weighted by atomic mass is 9.88. The minimum absolute atomic E-state index is 0.757. The summed E-state index contributed by atoms with van der Waals surface area (Å²) in [7, 11) is 2.15. The standard InChI is InChI=1S/C15H28N2/c1-16-14-9-13(8-12-6-7-12)10-17(11-14)15-4-2-3-5-15/h12-16H,2-11H2,1H3. The van der Waals surface area contributed by atoms with Crippen LogP contribution < -0.4 is 5.32 Å². The van der Waals surface area contributed by atoms with Crippen molar-refractivity contribution in [1.82, 2.24) is 10.2 Å². The highest BCUT2D eigenvalue weighted by atomic mass is 15.2. The maximum atomic E-state index is 3.54. The number of hydrogen-bond acceptors (Lipinski definition) is 2. The first-order valence-corrected chi connectivity index (χ1v) is 7.76. The monoisotopic (exact) mass is 236 g/mol. The van der Waals surface area contributed by atoms with Crippen LogP contribution in [0.1, 0.15) is 51.4 Å². The summed E-state index contributed by atoms with van der Waals surface area (Å²) in [6.45, 7) is 2.71. The largest absolute Gasteiger partial charge is 0.316 e. The van der Waals surface area contributed by atoms with Crippen LogP contribution in [0.15, 0.2) is 0 Å². The van der Waals surface area contributed by atoms with Gasteiger partial charge < -0.3 is 5.32 Å². The minimum Gasteiger partial charge on any atom is -0.316 e. The highest BCUT2D eigenvalue weighted by molar-refractivity contribution is 4.90. The Bertz CT molecular complexity index is 243. The maximum absolute atomic E-state index is 3.54. The zero-order chi connectivity index (χ0) is 11.7. The minimum atomic E-state index is 0.757. The van der Waals surface area contributed by atoms with Gasteiger partial charge in [0.05, 0.1) is 0 Å².